The molecular formula is C22H34N2O4. The second-order valence-electron chi connectivity index (χ2n) is 7.70. The molecule has 0 bridgehead atoms. The monoisotopic (exact) mass is 390 g/mol. The van der Waals surface area contributed by atoms with Crippen molar-refractivity contribution in [3.63, 3.8) is 0 Å². The summed E-state index contributed by atoms with van der Waals surface area (Å²) in [4.78, 5) is 14.6. The van der Waals surface area contributed by atoms with Crippen molar-refractivity contribution >= 4 is 5.91 Å². The van der Waals surface area contributed by atoms with Crippen LogP contribution in [0.2, 0.25) is 0 Å². The van der Waals surface area contributed by atoms with Gasteiger partial charge in [-0.15, -0.1) is 0 Å². The highest BCUT2D eigenvalue weighted by Crippen LogP contribution is 2.32. The minimum atomic E-state index is 0.107. The number of methoxy groups -OCH3 is 1. The number of hydrogen-bond acceptors (Lipinski definition) is 5. The number of morpholine rings is 1. The molecule has 1 heterocycles. The number of rotatable bonds is 10. The molecule has 2 fully saturated rings. The summed E-state index contributed by atoms with van der Waals surface area (Å²) in [5, 5.41) is 3.03. The van der Waals surface area contributed by atoms with Crippen molar-refractivity contribution in [1.29, 1.82) is 0 Å². The van der Waals surface area contributed by atoms with Crippen LogP contribution < -0.4 is 14.8 Å². The maximum atomic E-state index is 12.2. The predicted molar refractivity (Wildman–Crippen MR) is 109 cm³/mol. The Morgan fingerprint density at radius 3 is 2.71 bits per heavy atom. The van der Waals surface area contributed by atoms with Crippen LogP contribution in [0.4, 0.5) is 0 Å². The van der Waals surface area contributed by atoms with Gasteiger partial charge >= 0.3 is 0 Å². The zero-order valence-electron chi connectivity index (χ0n) is 17.1. The first-order valence-electron chi connectivity index (χ1n) is 10.6. The van der Waals surface area contributed by atoms with Gasteiger partial charge in [-0.25, -0.2) is 0 Å². The van der Waals surface area contributed by atoms with Gasteiger partial charge in [-0.1, -0.05) is 6.07 Å². The van der Waals surface area contributed by atoms with Gasteiger partial charge in [-0.05, 0) is 62.8 Å². The second kappa shape index (κ2) is 11.3. The van der Waals surface area contributed by atoms with Crippen molar-refractivity contribution in [3.8, 4) is 11.5 Å². The van der Waals surface area contributed by atoms with E-state index in [9.17, 15) is 4.79 Å². The fourth-order valence-corrected chi connectivity index (χ4v) is 3.84. The topological polar surface area (TPSA) is 60.0 Å². The van der Waals surface area contributed by atoms with E-state index >= 15 is 0 Å². The van der Waals surface area contributed by atoms with Gasteiger partial charge < -0.3 is 19.5 Å². The molecule has 0 aromatic heterocycles. The van der Waals surface area contributed by atoms with Gasteiger partial charge in [-0.2, -0.15) is 0 Å². The van der Waals surface area contributed by atoms with Crippen molar-refractivity contribution in [2.24, 2.45) is 0 Å². The summed E-state index contributed by atoms with van der Waals surface area (Å²) in [5.74, 6) is 1.65. The Kier molecular flexibility index (Phi) is 8.42. The summed E-state index contributed by atoms with van der Waals surface area (Å²) in [6, 6.07) is 5.91. The van der Waals surface area contributed by atoms with Crippen LogP contribution in [0.5, 0.6) is 11.5 Å². The summed E-state index contributed by atoms with van der Waals surface area (Å²) in [5.41, 5.74) is 1.04. The number of ether oxygens (including phenoxy) is 3. The van der Waals surface area contributed by atoms with Crippen molar-refractivity contribution in [2.75, 3.05) is 40.0 Å². The lowest BCUT2D eigenvalue weighted by Crippen LogP contribution is -2.36. The summed E-state index contributed by atoms with van der Waals surface area (Å²) < 4.78 is 16.9. The van der Waals surface area contributed by atoms with E-state index in [4.69, 9.17) is 14.2 Å². The van der Waals surface area contributed by atoms with Crippen LogP contribution in [-0.4, -0.2) is 56.9 Å². The first kappa shape index (κ1) is 20.9. The van der Waals surface area contributed by atoms with Gasteiger partial charge in [0.2, 0.25) is 5.91 Å². The molecule has 6 heteroatoms. The molecule has 1 aliphatic heterocycles. The smallest absolute Gasteiger partial charge is 0.220 e. The van der Waals surface area contributed by atoms with Crippen LogP contribution in [0.1, 0.15) is 50.5 Å². The summed E-state index contributed by atoms with van der Waals surface area (Å²) in [6.07, 6.45) is 7.50. The molecule has 156 valence electrons. The van der Waals surface area contributed by atoms with E-state index < -0.39 is 0 Å². The van der Waals surface area contributed by atoms with Gasteiger partial charge in [-0.3, -0.25) is 9.69 Å². The van der Waals surface area contributed by atoms with Gasteiger partial charge in [0.05, 0.1) is 26.4 Å². The number of nitrogens with zero attached hydrogens (tertiary/aromatic N) is 1. The van der Waals surface area contributed by atoms with Crippen LogP contribution in [0.3, 0.4) is 0 Å². The molecule has 1 aliphatic carbocycles. The van der Waals surface area contributed by atoms with Gasteiger partial charge in [0.15, 0.2) is 11.5 Å². The molecule has 0 unspecified atom stereocenters. The number of unbranched alkanes of at least 4 members (excludes halogenated alkanes) is 1. The Morgan fingerprint density at radius 1 is 1.18 bits per heavy atom. The van der Waals surface area contributed by atoms with E-state index in [-0.39, 0.29) is 12.0 Å². The fourth-order valence-electron chi connectivity index (χ4n) is 3.84. The fraction of sp³-hybridized carbons (Fsp3) is 0.682. The van der Waals surface area contributed by atoms with Crippen LogP contribution in [0.15, 0.2) is 18.2 Å². The standard InChI is InChI=1S/C22H34N2O4/c1-26-20-10-9-18(16-21(20)28-19-6-2-3-7-19)17-23-22(25)8-4-5-11-24-12-14-27-15-13-24/h9-10,16,19H,2-8,11-15,17H2,1H3,(H,23,25). The first-order chi connectivity index (χ1) is 13.7. The average molecular weight is 391 g/mol. The highest BCUT2D eigenvalue weighted by Gasteiger charge is 2.18. The van der Waals surface area contributed by atoms with E-state index in [0.717, 1.165) is 75.6 Å². The van der Waals surface area contributed by atoms with Crippen LogP contribution in [-0.2, 0) is 16.1 Å². The first-order valence-corrected chi connectivity index (χ1v) is 10.6. The Morgan fingerprint density at radius 2 is 1.96 bits per heavy atom. The highest BCUT2D eigenvalue weighted by atomic mass is 16.5. The minimum absolute atomic E-state index is 0.107. The predicted octanol–water partition coefficient (Wildman–Crippen LogP) is 3.14. The Hall–Kier alpha value is -1.79. The average Bonchev–Trinajstić information content (AvgIpc) is 3.24. The van der Waals surface area contributed by atoms with Crippen molar-refractivity contribution < 1.29 is 19.0 Å². The number of nitrogens with one attached hydrogen (secondary N) is 1. The molecule has 28 heavy (non-hydrogen) atoms. The number of benzene rings is 1. The minimum Gasteiger partial charge on any atom is -0.493 e. The van der Waals surface area contributed by atoms with Crippen LogP contribution in [0.25, 0.3) is 0 Å². The van der Waals surface area contributed by atoms with Gasteiger partial charge in [0.1, 0.15) is 0 Å². The van der Waals surface area contributed by atoms with E-state index in [0.29, 0.717) is 13.0 Å². The van der Waals surface area contributed by atoms with E-state index in [2.05, 4.69) is 10.2 Å². The number of amides is 1. The molecular weight excluding hydrogens is 356 g/mol. The highest BCUT2D eigenvalue weighted by molar-refractivity contribution is 5.75. The van der Waals surface area contributed by atoms with Gasteiger partial charge in [0, 0.05) is 26.1 Å². The van der Waals surface area contributed by atoms with E-state index in [1.807, 2.05) is 18.2 Å². The Labute approximate surface area is 168 Å². The largest absolute Gasteiger partial charge is 0.493 e. The molecule has 0 spiro atoms. The summed E-state index contributed by atoms with van der Waals surface area (Å²) in [7, 11) is 1.66. The SMILES string of the molecule is COc1ccc(CNC(=O)CCCCN2CCOCC2)cc1OC1CCCC1. The van der Waals surface area contributed by atoms with Crippen molar-refractivity contribution in [1.82, 2.24) is 10.2 Å². The molecule has 6 nitrogen and oxygen atoms in total. The number of hydrogen-bond donors (Lipinski definition) is 1. The number of carbonyl (C=O) groups is 1. The molecule has 1 amide bonds. The third-order valence-electron chi connectivity index (χ3n) is 5.55. The van der Waals surface area contributed by atoms with E-state index in [1.165, 1.54) is 12.8 Å². The quantitative estimate of drug-likeness (QED) is 0.622. The molecule has 1 saturated carbocycles. The van der Waals surface area contributed by atoms with Crippen LogP contribution in [0, 0.1) is 0 Å². The lowest BCUT2D eigenvalue weighted by atomic mass is 10.1. The normalized spacial score (nSPS) is 18.2. The Bertz CT molecular complexity index is 611. The molecule has 0 radical (unpaired) electrons. The molecule has 3 rings (SSSR count). The van der Waals surface area contributed by atoms with Crippen molar-refractivity contribution in [3.05, 3.63) is 23.8 Å². The lowest BCUT2D eigenvalue weighted by Gasteiger charge is -2.26. The molecule has 2 aliphatic rings. The zero-order valence-corrected chi connectivity index (χ0v) is 17.1. The summed E-state index contributed by atoms with van der Waals surface area (Å²) in [6.45, 7) is 5.25. The molecule has 1 aromatic carbocycles. The second-order valence-corrected chi connectivity index (χ2v) is 7.70. The Balaban J connectivity index is 1.38. The third-order valence-corrected chi connectivity index (χ3v) is 5.55. The summed E-state index contributed by atoms with van der Waals surface area (Å²) >= 11 is 0. The molecule has 1 saturated heterocycles. The van der Waals surface area contributed by atoms with Crippen LogP contribution >= 0.6 is 0 Å². The van der Waals surface area contributed by atoms with E-state index in [1.54, 1.807) is 7.11 Å². The maximum absolute atomic E-state index is 12.2. The molecule has 0 atom stereocenters. The van der Waals surface area contributed by atoms with Crippen molar-refractivity contribution in [2.45, 2.75) is 57.6 Å². The zero-order chi connectivity index (χ0) is 19.6. The maximum Gasteiger partial charge on any atom is 0.220 e. The lowest BCUT2D eigenvalue weighted by molar-refractivity contribution is -0.121. The molecule has 1 aromatic rings. The third kappa shape index (κ3) is 6.67. The number of carbonyl (C=O) groups excluding carboxylic acids is 1. The molecule has 1 N–H and O–H groups in total. The van der Waals surface area contributed by atoms with Gasteiger partial charge in [0.25, 0.3) is 0 Å².